The summed E-state index contributed by atoms with van der Waals surface area (Å²) in [7, 11) is 0. The molecule has 2 aromatic heterocycles. The smallest absolute Gasteiger partial charge is 0.287 e. The molecule has 2 heterocycles. The number of para-hydroxylation sites is 1. The largest absolute Gasteiger partial charge is 0.466 e. The average molecular weight is 303 g/mol. The molecule has 1 atom stereocenters. The second-order valence-corrected chi connectivity index (χ2v) is 5.20. The predicted octanol–water partition coefficient (Wildman–Crippen LogP) is 2.80. The second-order valence-electron chi connectivity index (χ2n) is 5.20. The molecule has 0 saturated heterocycles. The SMILES string of the molecule is CC(O)(CNC(=O)c1cc2cccc(F)c2o1)c1ccco1. The van der Waals surface area contributed by atoms with E-state index in [9.17, 15) is 14.3 Å². The molecular formula is C16H14FNO4. The van der Waals surface area contributed by atoms with Gasteiger partial charge >= 0.3 is 0 Å². The molecule has 1 aromatic carbocycles. The van der Waals surface area contributed by atoms with E-state index < -0.39 is 17.3 Å². The molecule has 0 spiro atoms. The van der Waals surface area contributed by atoms with Crippen LogP contribution in [0.1, 0.15) is 23.2 Å². The van der Waals surface area contributed by atoms with Crippen molar-refractivity contribution in [3.05, 3.63) is 60.0 Å². The number of furan rings is 2. The highest BCUT2D eigenvalue weighted by Crippen LogP contribution is 2.23. The minimum atomic E-state index is -1.35. The number of halogens is 1. The van der Waals surface area contributed by atoms with Crippen LogP contribution in [0.5, 0.6) is 0 Å². The summed E-state index contributed by atoms with van der Waals surface area (Å²) in [4.78, 5) is 12.1. The average Bonchev–Trinajstić information content (AvgIpc) is 3.14. The number of aliphatic hydroxyl groups is 1. The van der Waals surface area contributed by atoms with Crippen molar-refractivity contribution in [2.45, 2.75) is 12.5 Å². The highest BCUT2D eigenvalue weighted by molar-refractivity contribution is 5.96. The van der Waals surface area contributed by atoms with E-state index in [0.29, 0.717) is 11.1 Å². The minimum Gasteiger partial charge on any atom is -0.466 e. The third-order valence-corrected chi connectivity index (χ3v) is 3.37. The van der Waals surface area contributed by atoms with E-state index in [1.54, 1.807) is 18.2 Å². The summed E-state index contributed by atoms with van der Waals surface area (Å²) < 4.78 is 23.9. The van der Waals surface area contributed by atoms with Crippen LogP contribution in [-0.4, -0.2) is 17.6 Å². The highest BCUT2D eigenvalue weighted by atomic mass is 19.1. The standard InChI is InChI=1S/C16H14FNO4/c1-16(20,13-6-3-7-21-13)9-18-15(19)12-8-10-4-2-5-11(17)14(10)22-12/h2-8,20H,9H2,1H3,(H,18,19). The van der Waals surface area contributed by atoms with Gasteiger partial charge in [0.15, 0.2) is 17.2 Å². The lowest BCUT2D eigenvalue weighted by atomic mass is 10.0. The lowest BCUT2D eigenvalue weighted by molar-refractivity contribution is 0.0326. The fourth-order valence-electron chi connectivity index (χ4n) is 2.15. The number of carbonyl (C=O) groups is 1. The van der Waals surface area contributed by atoms with Gasteiger partial charge in [-0.15, -0.1) is 0 Å². The first kappa shape index (κ1) is 14.3. The molecular weight excluding hydrogens is 289 g/mol. The summed E-state index contributed by atoms with van der Waals surface area (Å²) in [5, 5.41) is 13.3. The summed E-state index contributed by atoms with van der Waals surface area (Å²) in [6, 6.07) is 9.16. The van der Waals surface area contributed by atoms with Crippen LogP contribution in [0.2, 0.25) is 0 Å². The molecule has 3 aromatic rings. The van der Waals surface area contributed by atoms with E-state index in [4.69, 9.17) is 8.83 Å². The molecule has 0 aliphatic heterocycles. The van der Waals surface area contributed by atoms with E-state index in [0.717, 1.165) is 0 Å². The van der Waals surface area contributed by atoms with Crippen molar-refractivity contribution < 1.29 is 23.1 Å². The van der Waals surface area contributed by atoms with Crippen molar-refractivity contribution in [1.82, 2.24) is 5.32 Å². The Morgan fingerprint density at radius 2 is 2.18 bits per heavy atom. The van der Waals surface area contributed by atoms with Crippen molar-refractivity contribution in [3.8, 4) is 0 Å². The van der Waals surface area contributed by atoms with Crippen molar-refractivity contribution >= 4 is 16.9 Å². The van der Waals surface area contributed by atoms with Crippen LogP contribution in [-0.2, 0) is 5.60 Å². The molecule has 2 N–H and O–H groups in total. The van der Waals surface area contributed by atoms with E-state index in [-0.39, 0.29) is 17.9 Å². The van der Waals surface area contributed by atoms with E-state index in [1.165, 1.54) is 31.4 Å². The molecule has 0 saturated carbocycles. The zero-order valence-electron chi connectivity index (χ0n) is 11.8. The maximum absolute atomic E-state index is 13.5. The fourth-order valence-corrected chi connectivity index (χ4v) is 2.15. The van der Waals surface area contributed by atoms with Crippen LogP contribution < -0.4 is 5.32 Å². The molecule has 0 aliphatic rings. The predicted molar refractivity (Wildman–Crippen MR) is 76.8 cm³/mol. The number of carbonyl (C=O) groups excluding carboxylic acids is 1. The van der Waals surface area contributed by atoms with Gasteiger partial charge in [0, 0.05) is 5.39 Å². The van der Waals surface area contributed by atoms with Gasteiger partial charge in [-0.25, -0.2) is 4.39 Å². The fraction of sp³-hybridized carbons (Fsp3) is 0.188. The third-order valence-electron chi connectivity index (χ3n) is 3.37. The van der Waals surface area contributed by atoms with Gasteiger partial charge < -0.3 is 19.3 Å². The molecule has 0 aliphatic carbocycles. The van der Waals surface area contributed by atoms with Gasteiger partial charge in [-0.1, -0.05) is 12.1 Å². The van der Waals surface area contributed by atoms with Gasteiger partial charge in [-0.2, -0.15) is 0 Å². The normalized spacial score (nSPS) is 14.0. The minimum absolute atomic E-state index is 0.0182. The number of amides is 1. The van der Waals surface area contributed by atoms with Gasteiger partial charge in [0.25, 0.3) is 5.91 Å². The van der Waals surface area contributed by atoms with Gasteiger partial charge in [-0.05, 0) is 31.2 Å². The Morgan fingerprint density at radius 1 is 1.36 bits per heavy atom. The quantitative estimate of drug-likeness (QED) is 0.777. The third kappa shape index (κ3) is 2.60. The number of nitrogens with one attached hydrogen (secondary N) is 1. The molecule has 0 fully saturated rings. The van der Waals surface area contributed by atoms with E-state index in [2.05, 4.69) is 5.32 Å². The lowest BCUT2D eigenvalue weighted by Gasteiger charge is -2.20. The number of benzene rings is 1. The highest BCUT2D eigenvalue weighted by Gasteiger charge is 2.27. The summed E-state index contributed by atoms with van der Waals surface area (Å²) in [5.74, 6) is -0.750. The molecule has 0 radical (unpaired) electrons. The Kier molecular flexibility index (Phi) is 3.46. The first-order valence-electron chi connectivity index (χ1n) is 6.70. The monoisotopic (exact) mass is 303 g/mol. The van der Waals surface area contributed by atoms with Crippen molar-refractivity contribution in [2.75, 3.05) is 6.54 Å². The van der Waals surface area contributed by atoms with Gasteiger partial charge in [0.05, 0.1) is 12.8 Å². The summed E-state index contributed by atoms with van der Waals surface area (Å²) >= 11 is 0. The van der Waals surface area contributed by atoms with Crippen LogP contribution >= 0.6 is 0 Å². The van der Waals surface area contributed by atoms with Gasteiger partial charge in [0.2, 0.25) is 0 Å². The maximum atomic E-state index is 13.5. The zero-order chi connectivity index (χ0) is 15.7. The summed E-state index contributed by atoms with van der Waals surface area (Å²) in [6.45, 7) is 1.45. The van der Waals surface area contributed by atoms with E-state index in [1.807, 2.05) is 0 Å². The number of hydrogen-bond acceptors (Lipinski definition) is 4. The van der Waals surface area contributed by atoms with Crippen molar-refractivity contribution in [1.29, 1.82) is 0 Å². The maximum Gasteiger partial charge on any atom is 0.287 e. The zero-order valence-corrected chi connectivity index (χ0v) is 11.8. The van der Waals surface area contributed by atoms with Gasteiger partial charge in [-0.3, -0.25) is 4.79 Å². The Morgan fingerprint density at radius 3 is 2.86 bits per heavy atom. The van der Waals surface area contributed by atoms with Crippen LogP contribution in [0.15, 0.2) is 51.5 Å². The van der Waals surface area contributed by atoms with Crippen LogP contribution in [0.4, 0.5) is 4.39 Å². The molecule has 1 amide bonds. The molecule has 1 unspecified atom stereocenters. The number of hydrogen-bond donors (Lipinski definition) is 2. The van der Waals surface area contributed by atoms with Crippen LogP contribution in [0.25, 0.3) is 11.0 Å². The van der Waals surface area contributed by atoms with Crippen molar-refractivity contribution in [3.63, 3.8) is 0 Å². The molecule has 22 heavy (non-hydrogen) atoms. The Balaban J connectivity index is 1.75. The van der Waals surface area contributed by atoms with Crippen molar-refractivity contribution in [2.24, 2.45) is 0 Å². The summed E-state index contributed by atoms with van der Waals surface area (Å²) in [6.07, 6.45) is 1.44. The number of rotatable bonds is 4. The molecule has 0 bridgehead atoms. The van der Waals surface area contributed by atoms with Crippen LogP contribution in [0, 0.1) is 5.82 Å². The molecule has 114 valence electrons. The Labute approximate surface area is 125 Å². The molecule has 6 heteroatoms. The first-order valence-corrected chi connectivity index (χ1v) is 6.70. The van der Waals surface area contributed by atoms with Crippen LogP contribution in [0.3, 0.4) is 0 Å². The van der Waals surface area contributed by atoms with Gasteiger partial charge in [0.1, 0.15) is 11.4 Å². The second kappa shape index (κ2) is 5.31. The number of fused-ring (bicyclic) bond motifs is 1. The lowest BCUT2D eigenvalue weighted by Crippen LogP contribution is -2.38. The molecule has 3 rings (SSSR count). The Bertz CT molecular complexity index is 805. The Hall–Kier alpha value is -2.60. The summed E-state index contributed by atoms with van der Waals surface area (Å²) in [5.41, 5.74) is -1.32. The topological polar surface area (TPSA) is 75.6 Å². The first-order chi connectivity index (χ1) is 10.5. The molecule has 5 nitrogen and oxygen atoms in total. The van der Waals surface area contributed by atoms with E-state index >= 15 is 0 Å².